The molecule has 0 saturated heterocycles. The number of hydrogen-bond donors (Lipinski definition) is 1. The van der Waals surface area contributed by atoms with Crippen molar-refractivity contribution in [3.8, 4) is 16.9 Å². The summed E-state index contributed by atoms with van der Waals surface area (Å²) in [6, 6.07) is 11.6. The fraction of sp³-hybridized carbons (Fsp3) is 0.294. The number of hydrogen-bond acceptors (Lipinski definition) is 7. The molecule has 5 heterocycles. The number of carbonyl (C=O) groups is 2. The van der Waals surface area contributed by atoms with E-state index in [2.05, 4.69) is 15.1 Å². The summed E-state index contributed by atoms with van der Waals surface area (Å²) in [6.45, 7) is 5.56. The Kier molecular flexibility index (Phi) is 7.23. The molecule has 2 aliphatic rings. The number of benzene rings is 1. The van der Waals surface area contributed by atoms with Crippen molar-refractivity contribution < 1.29 is 18.7 Å². The molecule has 7 rings (SSSR count). The molecule has 5 aromatic rings. The Balaban J connectivity index is 1.39. The van der Waals surface area contributed by atoms with E-state index in [1.807, 2.05) is 19.1 Å². The fourth-order valence-electron chi connectivity index (χ4n) is 6.00. The Labute approximate surface area is 269 Å². The van der Waals surface area contributed by atoms with Crippen LogP contribution in [0.5, 0.6) is 5.75 Å². The second-order valence-electron chi connectivity index (χ2n) is 12.4. The van der Waals surface area contributed by atoms with E-state index in [-0.39, 0.29) is 18.5 Å². The van der Waals surface area contributed by atoms with Crippen molar-refractivity contribution in [1.29, 1.82) is 0 Å². The number of fused-ring (bicyclic) bond motifs is 2. The number of pyridine rings is 3. The number of amides is 2. The lowest BCUT2D eigenvalue weighted by molar-refractivity contribution is -0.132. The van der Waals surface area contributed by atoms with Gasteiger partial charge in [0.1, 0.15) is 11.6 Å². The lowest BCUT2D eigenvalue weighted by atomic mass is 9.92. The summed E-state index contributed by atoms with van der Waals surface area (Å²) in [5.74, 6) is -0.355. The van der Waals surface area contributed by atoms with Crippen LogP contribution in [0.15, 0.2) is 61.1 Å². The van der Waals surface area contributed by atoms with Crippen LogP contribution < -0.4 is 15.4 Å². The van der Waals surface area contributed by atoms with Crippen LogP contribution >= 0.6 is 11.6 Å². The molecule has 10 nitrogen and oxygen atoms in total. The van der Waals surface area contributed by atoms with Gasteiger partial charge in [0.05, 0.1) is 58.3 Å². The average molecular weight is 640 g/mol. The molecule has 46 heavy (non-hydrogen) atoms. The highest BCUT2D eigenvalue weighted by Gasteiger charge is 2.41. The topological polar surface area (TPSA) is 129 Å². The van der Waals surface area contributed by atoms with Crippen molar-refractivity contribution in [1.82, 2.24) is 24.7 Å². The number of nitrogens with two attached hydrogens (primary N) is 1. The summed E-state index contributed by atoms with van der Waals surface area (Å²) < 4.78 is 21.7. The molecule has 0 spiro atoms. The van der Waals surface area contributed by atoms with Gasteiger partial charge in [-0.25, -0.2) is 14.1 Å². The minimum absolute atomic E-state index is 0.217. The minimum atomic E-state index is -1.17. The predicted octanol–water partition coefficient (Wildman–Crippen LogP) is 6.05. The van der Waals surface area contributed by atoms with Crippen molar-refractivity contribution in [2.75, 3.05) is 4.90 Å². The van der Waals surface area contributed by atoms with Crippen molar-refractivity contribution in [2.24, 2.45) is 11.7 Å². The van der Waals surface area contributed by atoms with E-state index < -0.39 is 17.3 Å². The number of rotatable bonds is 8. The third-order valence-electron chi connectivity index (χ3n) is 8.56. The number of ether oxygens (including phenoxy) is 1. The molecule has 1 saturated carbocycles. The number of carbonyl (C=O) groups excluding carboxylic acids is 2. The third-order valence-corrected chi connectivity index (χ3v) is 8.79. The maximum atomic E-state index is 13.6. The average Bonchev–Trinajstić information content (AvgIpc) is 3.74. The van der Waals surface area contributed by atoms with Crippen LogP contribution in [0.1, 0.15) is 67.1 Å². The molecule has 12 heteroatoms. The molecule has 0 unspecified atom stereocenters. The molecule has 1 aromatic carbocycles. The quantitative estimate of drug-likeness (QED) is 0.219. The standard InChI is InChI=1S/C34H31ClFN7O3/c1-18(25-10-8-22(36)15-39-25)43-32-24(16-40-43)29(30(31(37)44)26(41-32)12-19-4-5-19)20-6-11-27-28(13-20)46-34(2,3)33(45)42(27)17-23-9-7-21(35)14-38-23/h6-11,13-16,18-19H,4-5,12,17H2,1-3H3,(H2,37,44)/t18-/m1/s1. The van der Waals surface area contributed by atoms with E-state index in [9.17, 15) is 14.0 Å². The first kappa shape index (κ1) is 29.8. The fourth-order valence-corrected chi connectivity index (χ4v) is 6.12. The first-order valence-electron chi connectivity index (χ1n) is 15.1. The van der Waals surface area contributed by atoms with Gasteiger partial charge in [-0.3, -0.25) is 24.5 Å². The van der Waals surface area contributed by atoms with Gasteiger partial charge in [-0.05, 0) is 87.9 Å². The summed E-state index contributed by atoms with van der Waals surface area (Å²) in [5, 5.41) is 5.79. The third kappa shape index (κ3) is 5.34. The minimum Gasteiger partial charge on any atom is -0.476 e. The highest BCUT2D eigenvalue weighted by molar-refractivity contribution is 6.30. The van der Waals surface area contributed by atoms with Crippen molar-refractivity contribution in [3.63, 3.8) is 0 Å². The SMILES string of the molecule is C[C@H](c1ccc(F)cn1)n1ncc2c(-c3ccc4c(c3)OC(C)(C)C(=O)N4Cc3ccc(Cl)cn3)c(C(N)=O)c(CC3CC3)nc21. The number of halogens is 2. The summed E-state index contributed by atoms with van der Waals surface area (Å²) in [4.78, 5) is 42.0. The van der Waals surface area contributed by atoms with Gasteiger partial charge in [0.2, 0.25) is 0 Å². The summed E-state index contributed by atoms with van der Waals surface area (Å²) in [7, 11) is 0. The molecular formula is C34H31ClFN7O3. The van der Waals surface area contributed by atoms with Crippen molar-refractivity contribution in [2.45, 2.75) is 58.2 Å². The number of anilines is 1. The zero-order valence-corrected chi connectivity index (χ0v) is 26.3. The van der Waals surface area contributed by atoms with Crippen LogP contribution in [-0.2, 0) is 17.8 Å². The van der Waals surface area contributed by atoms with Crippen LogP contribution in [0.25, 0.3) is 22.2 Å². The summed E-state index contributed by atoms with van der Waals surface area (Å²) in [6.07, 6.45) is 7.08. The molecule has 2 amide bonds. The van der Waals surface area contributed by atoms with Gasteiger partial charge < -0.3 is 10.5 Å². The number of aromatic nitrogens is 5. The van der Waals surface area contributed by atoms with Crippen LogP contribution in [0, 0.1) is 11.7 Å². The Morgan fingerprint density at radius 3 is 2.61 bits per heavy atom. The van der Waals surface area contributed by atoms with Crippen molar-refractivity contribution in [3.05, 3.63) is 94.5 Å². The molecule has 1 fully saturated rings. The number of primary amides is 1. The zero-order chi connectivity index (χ0) is 32.3. The largest absolute Gasteiger partial charge is 0.476 e. The Morgan fingerprint density at radius 2 is 1.93 bits per heavy atom. The Hall–Kier alpha value is -4.90. The first-order chi connectivity index (χ1) is 22.0. The van der Waals surface area contributed by atoms with Crippen LogP contribution in [0.4, 0.5) is 10.1 Å². The van der Waals surface area contributed by atoms with E-state index >= 15 is 0 Å². The predicted molar refractivity (Wildman–Crippen MR) is 171 cm³/mol. The molecule has 2 N–H and O–H groups in total. The van der Waals surface area contributed by atoms with E-state index in [0.717, 1.165) is 12.8 Å². The van der Waals surface area contributed by atoms with E-state index in [0.29, 0.717) is 73.6 Å². The highest BCUT2D eigenvalue weighted by Crippen LogP contribution is 2.44. The monoisotopic (exact) mass is 639 g/mol. The molecule has 1 aliphatic heterocycles. The summed E-state index contributed by atoms with van der Waals surface area (Å²) in [5.41, 5.74) is 9.50. The highest BCUT2D eigenvalue weighted by atomic mass is 35.5. The van der Waals surface area contributed by atoms with Gasteiger partial charge in [0.25, 0.3) is 11.8 Å². The maximum absolute atomic E-state index is 13.6. The van der Waals surface area contributed by atoms with Crippen LogP contribution in [-0.4, -0.2) is 42.1 Å². The molecule has 1 atom stereocenters. The molecule has 1 aliphatic carbocycles. The number of nitrogens with zero attached hydrogens (tertiary/aromatic N) is 6. The van der Waals surface area contributed by atoms with Crippen LogP contribution in [0.2, 0.25) is 5.02 Å². The second kappa shape index (κ2) is 11.2. The lowest BCUT2D eigenvalue weighted by Gasteiger charge is -2.39. The van der Waals surface area contributed by atoms with Gasteiger partial charge in [-0.1, -0.05) is 17.7 Å². The normalized spacial score (nSPS) is 16.3. The maximum Gasteiger partial charge on any atom is 0.271 e. The molecule has 0 radical (unpaired) electrons. The van der Waals surface area contributed by atoms with E-state index in [1.165, 1.54) is 12.3 Å². The first-order valence-corrected chi connectivity index (χ1v) is 15.4. The van der Waals surface area contributed by atoms with Gasteiger partial charge in [0.15, 0.2) is 11.2 Å². The van der Waals surface area contributed by atoms with Gasteiger partial charge in [0, 0.05) is 17.1 Å². The Bertz CT molecular complexity index is 2010. The smallest absolute Gasteiger partial charge is 0.271 e. The second-order valence-corrected chi connectivity index (χ2v) is 12.8. The van der Waals surface area contributed by atoms with Gasteiger partial charge in [-0.2, -0.15) is 5.10 Å². The summed E-state index contributed by atoms with van der Waals surface area (Å²) >= 11 is 6.04. The molecule has 0 bridgehead atoms. The van der Waals surface area contributed by atoms with E-state index in [1.54, 1.807) is 60.1 Å². The molecular weight excluding hydrogens is 609 g/mol. The van der Waals surface area contributed by atoms with E-state index in [4.69, 9.17) is 27.1 Å². The Morgan fingerprint density at radius 1 is 1.13 bits per heavy atom. The van der Waals surface area contributed by atoms with Crippen LogP contribution in [0.3, 0.4) is 0 Å². The van der Waals surface area contributed by atoms with Gasteiger partial charge >= 0.3 is 0 Å². The lowest BCUT2D eigenvalue weighted by Crippen LogP contribution is -2.52. The van der Waals surface area contributed by atoms with Gasteiger partial charge in [-0.15, -0.1) is 0 Å². The zero-order valence-electron chi connectivity index (χ0n) is 25.5. The van der Waals surface area contributed by atoms with Crippen molar-refractivity contribution >= 4 is 40.1 Å². The molecule has 234 valence electrons. The molecule has 4 aromatic heterocycles.